The molecule has 1 unspecified atom stereocenters. The smallest absolute Gasteiger partial charge is 0.129 e. The first-order chi connectivity index (χ1) is 9.61. The van der Waals surface area contributed by atoms with Gasteiger partial charge < -0.3 is 5.32 Å². The second-order valence-electron chi connectivity index (χ2n) is 6.36. The highest BCUT2D eigenvalue weighted by molar-refractivity contribution is 5.32. The summed E-state index contributed by atoms with van der Waals surface area (Å²) in [5.74, 6) is 0.791. The second kappa shape index (κ2) is 7.21. The average molecular weight is 277 g/mol. The van der Waals surface area contributed by atoms with Gasteiger partial charge in [0, 0.05) is 6.04 Å². The van der Waals surface area contributed by atoms with E-state index in [1.54, 1.807) is 0 Å². The molecular weight excluding hydrogens is 249 g/mol. The summed E-state index contributed by atoms with van der Waals surface area (Å²) in [6.07, 6.45) is 7.83. The normalized spacial score (nSPS) is 17.6. The molecular formula is C18H28FN. The number of hydrogen-bond acceptors (Lipinski definition) is 1. The molecule has 1 N–H and O–H groups in total. The molecule has 1 atom stereocenters. The van der Waals surface area contributed by atoms with Crippen LogP contribution in [-0.2, 0) is 0 Å². The molecule has 1 saturated carbocycles. The van der Waals surface area contributed by atoms with E-state index in [9.17, 15) is 4.39 Å². The summed E-state index contributed by atoms with van der Waals surface area (Å²) in [6.45, 7) is 6.98. The SMILES string of the molecule is CCCNC(CC1CCCC1)c1cc(C)c(F)c(C)c1. The lowest BCUT2D eigenvalue weighted by atomic mass is 9.91. The lowest BCUT2D eigenvalue weighted by Gasteiger charge is -2.23. The quantitative estimate of drug-likeness (QED) is 0.766. The van der Waals surface area contributed by atoms with Gasteiger partial charge in [0.15, 0.2) is 0 Å². The molecule has 1 aromatic rings. The Kier molecular flexibility index (Phi) is 5.59. The van der Waals surface area contributed by atoms with E-state index in [2.05, 4.69) is 12.2 Å². The Morgan fingerprint density at radius 3 is 2.35 bits per heavy atom. The van der Waals surface area contributed by atoms with Crippen LogP contribution in [0.2, 0.25) is 0 Å². The molecule has 1 aliphatic carbocycles. The molecule has 112 valence electrons. The number of rotatable bonds is 6. The van der Waals surface area contributed by atoms with Crippen LogP contribution >= 0.6 is 0 Å². The van der Waals surface area contributed by atoms with Gasteiger partial charge in [-0.15, -0.1) is 0 Å². The summed E-state index contributed by atoms with van der Waals surface area (Å²) in [5.41, 5.74) is 2.81. The Morgan fingerprint density at radius 2 is 1.80 bits per heavy atom. The Balaban J connectivity index is 2.16. The molecule has 1 nitrogen and oxygen atoms in total. The van der Waals surface area contributed by atoms with Gasteiger partial charge in [-0.25, -0.2) is 4.39 Å². The predicted octanol–water partition coefficient (Wildman–Crippen LogP) is 5.06. The molecule has 0 saturated heterocycles. The van der Waals surface area contributed by atoms with Crippen molar-refractivity contribution in [2.24, 2.45) is 5.92 Å². The van der Waals surface area contributed by atoms with E-state index < -0.39 is 0 Å². The van der Waals surface area contributed by atoms with Gasteiger partial charge in [0.05, 0.1) is 0 Å². The van der Waals surface area contributed by atoms with Crippen LogP contribution in [0.3, 0.4) is 0 Å². The van der Waals surface area contributed by atoms with Gasteiger partial charge >= 0.3 is 0 Å². The van der Waals surface area contributed by atoms with Gasteiger partial charge in [0.1, 0.15) is 5.82 Å². The van der Waals surface area contributed by atoms with Gasteiger partial charge in [0.2, 0.25) is 0 Å². The summed E-state index contributed by atoms with van der Waals surface area (Å²) in [4.78, 5) is 0. The maximum absolute atomic E-state index is 13.8. The van der Waals surface area contributed by atoms with Crippen molar-refractivity contribution >= 4 is 0 Å². The van der Waals surface area contributed by atoms with Gasteiger partial charge in [-0.05, 0) is 55.8 Å². The lowest BCUT2D eigenvalue weighted by molar-refractivity contribution is 0.394. The van der Waals surface area contributed by atoms with Crippen molar-refractivity contribution in [3.63, 3.8) is 0 Å². The fraction of sp³-hybridized carbons (Fsp3) is 0.667. The maximum atomic E-state index is 13.8. The van der Waals surface area contributed by atoms with Crippen LogP contribution < -0.4 is 5.32 Å². The van der Waals surface area contributed by atoms with Crippen LogP contribution in [0.4, 0.5) is 4.39 Å². The molecule has 0 aliphatic heterocycles. The van der Waals surface area contributed by atoms with E-state index in [1.807, 2.05) is 26.0 Å². The summed E-state index contributed by atoms with van der Waals surface area (Å²) >= 11 is 0. The average Bonchev–Trinajstić information content (AvgIpc) is 2.93. The van der Waals surface area contributed by atoms with E-state index in [1.165, 1.54) is 37.7 Å². The van der Waals surface area contributed by atoms with E-state index in [0.29, 0.717) is 6.04 Å². The van der Waals surface area contributed by atoms with Crippen molar-refractivity contribution in [2.75, 3.05) is 6.54 Å². The number of halogens is 1. The third-order valence-electron chi connectivity index (χ3n) is 4.55. The second-order valence-corrected chi connectivity index (χ2v) is 6.36. The van der Waals surface area contributed by atoms with Crippen molar-refractivity contribution in [2.45, 2.75) is 65.3 Å². The monoisotopic (exact) mass is 277 g/mol. The Bertz CT molecular complexity index is 412. The summed E-state index contributed by atoms with van der Waals surface area (Å²) in [6, 6.07) is 4.45. The Hall–Kier alpha value is -0.890. The third kappa shape index (κ3) is 3.82. The minimum absolute atomic E-state index is 0.0520. The van der Waals surface area contributed by atoms with Crippen LogP contribution in [0, 0.1) is 25.6 Å². The lowest BCUT2D eigenvalue weighted by Crippen LogP contribution is -2.24. The van der Waals surface area contributed by atoms with Gasteiger partial charge in [-0.1, -0.05) is 44.7 Å². The first-order valence-electron chi connectivity index (χ1n) is 8.11. The van der Waals surface area contributed by atoms with Crippen LogP contribution in [0.25, 0.3) is 0 Å². The molecule has 2 heteroatoms. The predicted molar refractivity (Wildman–Crippen MR) is 83.5 cm³/mol. The minimum Gasteiger partial charge on any atom is -0.310 e. The van der Waals surface area contributed by atoms with Gasteiger partial charge in [-0.2, -0.15) is 0 Å². The molecule has 0 heterocycles. The van der Waals surface area contributed by atoms with Crippen molar-refractivity contribution in [3.05, 3.63) is 34.6 Å². The van der Waals surface area contributed by atoms with Crippen molar-refractivity contribution < 1.29 is 4.39 Å². The largest absolute Gasteiger partial charge is 0.310 e. The molecule has 1 aromatic carbocycles. The molecule has 0 radical (unpaired) electrons. The van der Waals surface area contributed by atoms with Crippen LogP contribution in [-0.4, -0.2) is 6.54 Å². The van der Waals surface area contributed by atoms with E-state index in [0.717, 1.165) is 30.0 Å². The molecule has 1 fully saturated rings. The Morgan fingerprint density at radius 1 is 1.20 bits per heavy atom. The van der Waals surface area contributed by atoms with Crippen molar-refractivity contribution in [1.29, 1.82) is 0 Å². The van der Waals surface area contributed by atoms with Crippen LogP contribution in [0.1, 0.15) is 68.2 Å². The molecule has 20 heavy (non-hydrogen) atoms. The van der Waals surface area contributed by atoms with Crippen LogP contribution in [0.5, 0.6) is 0 Å². The summed E-state index contributed by atoms with van der Waals surface area (Å²) < 4.78 is 13.8. The zero-order chi connectivity index (χ0) is 14.5. The fourth-order valence-electron chi connectivity index (χ4n) is 3.42. The first-order valence-corrected chi connectivity index (χ1v) is 8.11. The van der Waals surface area contributed by atoms with E-state index >= 15 is 0 Å². The van der Waals surface area contributed by atoms with Gasteiger partial charge in [-0.3, -0.25) is 0 Å². The standard InChI is InChI=1S/C18H28FN/c1-4-9-20-17(12-15-7-5-6-8-15)16-10-13(2)18(19)14(3)11-16/h10-11,15,17,20H,4-9,12H2,1-3H3. The van der Waals surface area contributed by atoms with Gasteiger partial charge in [0.25, 0.3) is 0 Å². The van der Waals surface area contributed by atoms with Crippen molar-refractivity contribution in [1.82, 2.24) is 5.32 Å². The van der Waals surface area contributed by atoms with Crippen molar-refractivity contribution in [3.8, 4) is 0 Å². The van der Waals surface area contributed by atoms with E-state index in [-0.39, 0.29) is 5.82 Å². The van der Waals surface area contributed by atoms with E-state index in [4.69, 9.17) is 0 Å². The molecule has 1 aliphatic rings. The number of aryl methyl sites for hydroxylation is 2. The van der Waals surface area contributed by atoms with Crippen LogP contribution in [0.15, 0.2) is 12.1 Å². The molecule has 0 spiro atoms. The topological polar surface area (TPSA) is 12.0 Å². The molecule has 0 aromatic heterocycles. The number of nitrogens with one attached hydrogen (secondary N) is 1. The maximum Gasteiger partial charge on any atom is 0.129 e. The zero-order valence-electron chi connectivity index (χ0n) is 13.1. The highest BCUT2D eigenvalue weighted by Gasteiger charge is 2.21. The number of benzene rings is 1. The first kappa shape index (κ1) is 15.5. The Labute approximate surface area is 123 Å². The molecule has 2 rings (SSSR count). The highest BCUT2D eigenvalue weighted by Crippen LogP contribution is 2.33. The highest BCUT2D eigenvalue weighted by atomic mass is 19.1. The summed E-state index contributed by atoms with van der Waals surface area (Å²) in [5, 5.41) is 3.66. The third-order valence-corrected chi connectivity index (χ3v) is 4.55. The number of hydrogen-bond donors (Lipinski definition) is 1. The zero-order valence-corrected chi connectivity index (χ0v) is 13.1. The minimum atomic E-state index is -0.0520. The molecule has 0 bridgehead atoms. The fourth-order valence-corrected chi connectivity index (χ4v) is 3.42. The molecule has 0 amide bonds. The summed E-state index contributed by atoms with van der Waals surface area (Å²) in [7, 11) is 0.